The van der Waals surface area contributed by atoms with E-state index in [1.807, 2.05) is 0 Å². The fourth-order valence-corrected chi connectivity index (χ4v) is 1.37. The number of carbonyl (C=O) groups excluding carboxylic acids is 1. The van der Waals surface area contributed by atoms with Gasteiger partial charge in [-0.1, -0.05) is 0 Å². The van der Waals surface area contributed by atoms with E-state index in [0.29, 0.717) is 13.0 Å². The minimum atomic E-state index is -4.10. The first kappa shape index (κ1) is 12.8. The third kappa shape index (κ3) is 3.12. The number of nitrogens with zero attached hydrogens (tertiary/aromatic N) is 2. The quantitative estimate of drug-likeness (QED) is 0.403. The van der Waals surface area contributed by atoms with Gasteiger partial charge < -0.3 is 4.74 Å². The van der Waals surface area contributed by atoms with E-state index in [-0.39, 0.29) is 5.97 Å². The van der Waals surface area contributed by atoms with Gasteiger partial charge >= 0.3 is 16.3 Å². The molecule has 0 aliphatic carbocycles. The second-order valence-electron chi connectivity index (χ2n) is 3.39. The maximum atomic E-state index is 10.5. The zero-order valence-corrected chi connectivity index (χ0v) is 9.55. The SMILES string of the molecule is C[N+]1(S(=O)(=O)O)C=CN=C1.O=C1CCCO1. The third-order valence-electron chi connectivity index (χ3n) is 2.03. The Balaban J connectivity index is 0.000000181. The van der Waals surface area contributed by atoms with Gasteiger partial charge in [0, 0.05) is 6.42 Å². The molecule has 90 valence electrons. The average Bonchev–Trinajstić information content (AvgIpc) is 2.77. The summed E-state index contributed by atoms with van der Waals surface area (Å²) < 4.78 is 33.5. The maximum absolute atomic E-state index is 10.5. The highest BCUT2D eigenvalue weighted by Crippen LogP contribution is 2.11. The smallest absolute Gasteiger partial charge is 0.442 e. The van der Waals surface area contributed by atoms with Gasteiger partial charge in [0.25, 0.3) is 0 Å². The fourth-order valence-electron chi connectivity index (χ4n) is 0.991. The van der Waals surface area contributed by atoms with Gasteiger partial charge in [0.15, 0.2) is 0 Å². The van der Waals surface area contributed by atoms with Crippen molar-refractivity contribution in [1.29, 1.82) is 0 Å². The van der Waals surface area contributed by atoms with Crippen molar-refractivity contribution in [1.82, 2.24) is 0 Å². The average molecular weight is 249 g/mol. The van der Waals surface area contributed by atoms with Crippen LogP contribution in [0.2, 0.25) is 0 Å². The Bertz CT molecular complexity index is 406. The summed E-state index contributed by atoms with van der Waals surface area (Å²) in [7, 11) is -2.79. The molecule has 0 bridgehead atoms. The predicted octanol–water partition coefficient (Wildman–Crippen LogP) is 0.0723. The van der Waals surface area contributed by atoms with E-state index in [1.165, 1.54) is 19.4 Å². The Kier molecular flexibility index (Phi) is 3.79. The number of quaternary nitrogens is 1. The van der Waals surface area contributed by atoms with Crippen molar-refractivity contribution in [2.24, 2.45) is 4.99 Å². The minimum absolute atomic E-state index is 0.0463. The van der Waals surface area contributed by atoms with Gasteiger partial charge in [-0.15, -0.1) is 12.3 Å². The molecular weight excluding hydrogens is 236 g/mol. The maximum Gasteiger partial charge on any atom is 0.442 e. The lowest BCUT2D eigenvalue weighted by atomic mass is 10.4. The van der Waals surface area contributed by atoms with Crippen molar-refractivity contribution < 1.29 is 26.4 Å². The minimum Gasteiger partial charge on any atom is -0.466 e. The van der Waals surface area contributed by atoms with Gasteiger partial charge in [-0.25, -0.2) is 9.55 Å². The molecule has 0 aromatic rings. The van der Waals surface area contributed by atoms with Gasteiger partial charge in [-0.2, -0.15) is 0 Å². The molecule has 2 rings (SSSR count). The van der Waals surface area contributed by atoms with Gasteiger partial charge in [-0.3, -0.25) is 4.79 Å². The Labute approximate surface area is 93.5 Å². The van der Waals surface area contributed by atoms with Crippen molar-refractivity contribution in [3.05, 3.63) is 12.4 Å². The van der Waals surface area contributed by atoms with Gasteiger partial charge in [0.05, 0.1) is 19.9 Å². The standard InChI is InChI=1S/C4H6N2O3S.C4H6O2/c1-6(10(7,8)9)3-2-5-4-6;5-4-2-1-3-6-4/h2-4H,1H3;1-3H2/p+1. The van der Waals surface area contributed by atoms with Crippen LogP contribution in [0.5, 0.6) is 0 Å². The molecule has 0 aromatic heterocycles. The van der Waals surface area contributed by atoms with Crippen molar-refractivity contribution in [2.75, 3.05) is 13.7 Å². The number of hydrogen-bond acceptors (Lipinski definition) is 5. The van der Waals surface area contributed by atoms with Crippen LogP contribution in [0.15, 0.2) is 17.4 Å². The summed E-state index contributed by atoms with van der Waals surface area (Å²) in [6.45, 7) is 0.638. The van der Waals surface area contributed by atoms with Crippen molar-refractivity contribution in [2.45, 2.75) is 12.8 Å². The van der Waals surface area contributed by atoms with Crippen LogP contribution in [0, 0.1) is 0 Å². The van der Waals surface area contributed by atoms with Crippen LogP contribution in [-0.4, -0.2) is 42.8 Å². The predicted molar refractivity (Wildman–Crippen MR) is 55.6 cm³/mol. The highest BCUT2D eigenvalue weighted by Gasteiger charge is 2.34. The lowest BCUT2D eigenvalue weighted by Gasteiger charge is -2.14. The molecule has 0 saturated carbocycles. The zero-order valence-electron chi connectivity index (χ0n) is 8.74. The Morgan fingerprint density at radius 2 is 2.25 bits per heavy atom. The second-order valence-corrected chi connectivity index (χ2v) is 5.08. The molecule has 1 atom stereocenters. The normalized spacial score (nSPS) is 27.5. The summed E-state index contributed by atoms with van der Waals surface area (Å²) in [6.07, 6.45) is 5.23. The monoisotopic (exact) mass is 249 g/mol. The molecule has 8 heteroatoms. The number of esters is 1. The second kappa shape index (κ2) is 4.73. The van der Waals surface area contributed by atoms with E-state index in [1.54, 1.807) is 0 Å². The van der Waals surface area contributed by atoms with E-state index in [4.69, 9.17) is 4.55 Å². The summed E-state index contributed by atoms with van der Waals surface area (Å²) in [5.74, 6) is -0.0463. The number of rotatable bonds is 1. The fraction of sp³-hybridized carbons (Fsp3) is 0.500. The van der Waals surface area contributed by atoms with Crippen molar-refractivity contribution in [3.63, 3.8) is 0 Å². The largest absolute Gasteiger partial charge is 0.466 e. The van der Waals surface area contributed by atoms with Gasteiger partial charge in [0.2, 0.25) is 6.34 Å². The van der Waals surface area contributed by atoms with Crippen LogP contribution in [0.1, 0.15) is 12.8 Å². The van der Waals surface area contributed by atoms with Crippen molar-refractivity contribution in [3.8, 4) is 0 Å². The summed E-state index contributed by atoms with van der Waals surface area (Å²) in [6, 6.07) is 0. The first-order valence-corrected chi connectivity index (χ1v) is 5.96. The molecule has 1 unspecified atom stereocenters. The topological polar surface area (TPSA) is 93.0 Å². The lowest BCUT2D eigenvalue weighted by Crippen LogP contribution is -2.40. The van der Waals surface area contributed by atoms with Crippen LogP contribution in [0.25, 0.3) is 0 Å². The highest BCUT2D eigenvalue weighted by molar-refractivity contribution is 7.80. The summed E-state index contributed by atoms with van der Waals surface area (Å²) in [4.78, 5) is 13.6. The summed E-state index contributed by atoms with van der Waals surface area (Å²) in [5.41, 5.74) is 0. The van der Waals surface area contributed by atoms with Crippen LogP contribution < -0.4 is 0 Å². The number of carbonyl (C=O) groups is 1. The number of ether oxygens (including phenoxy) is 1. The molecule has 1 fully saturated rings. The van der Waals surface area contributed by atoms with Gasteiger partial charge in [0.1, 0.15) is 6.20 Å². The summed E-state index contributed by atoms with van der Waals surface area (Å²) in [5, 5.41) is 0. The molecule has 0 aromatic carbocycles. The molecule has 0 amide bonds. The Morgan fingerprint density at radius 1 is 1.56 bits per heavy atom. The molecule has 7 nitrogen and oxygen atoms in total. The van der Waals surface area contributed by atoms with Crippen LogP contribution in [0.3, 0.4) is 0 Å². The summed E-state index contributed by atoms with van der Waals surface area (Å²) >= 11 is 0. The van der Waals surface area contributed by atoms with E-state index >= 15 is 0 Å². The van der Waals surface area contributed by atoms with E-state index in [0.717, 1.165) is 12.8 Å². The number of hydrogen-bond donors (Lipinski definition) is 1. The van der Waals surface area contributed by atoms with Crippen LogP contribution in [0.4, 0.5) is 0 Å². The lowest BCUT2D eigenvalue weighted by molar-refractivity contribution is -0.617. The van der Waals surface area contributed by atoms with E-state index in [9.17, 15) is 13.2 Å². The number of aliphatic imine (C=N–C) groups is 1. The van der Waals surface area contributed by atoms with E-state index in [2.05, 4.69) is 9.73 Å². The molecule has 0 spiro atoms. The molecule has 1 N–H and O–H groups in total. The highest BCUT2D eigenvalue weighted by atomic mass is 32.2. The van der Waals surface area contributed by atoms with Gasteiger partial charge in [-0.05, 0) is 6.42 Å². The van der Waals surface area contributed by atoms with Crippen LogP contribution >= 0.6 is 0 Å². The van der Waals surface area contributed by atoms with Crippen LogP contribution in [-0.2, 0) is 19.8 Å². The molecule has 0 radical (unpaired) electrons. The van der Waals surface area contributed by atoms with Crippen molar-refractivity contribution >= 4 is 22.6 Å². The Hall–Kier alpha value is -1.25. The first-order chi connectivity index (χ1) is 7.35. The Morgan fingerprint density at radius 3 is 2.44 bits per heavy atom. The molecule has 2 aliphatic heterocycles. The molecule has 16 heavy (non-hydrogen) atoms. The van der Waals surface area contributed by atoms with E-state index < -0.39 is 14.2 Å². The third-order valence-corrected chi connectivity index (χ3v) is 3.24. The number of cyclic esters (lactones) is 1. The zero-order chi connectivity index (χ0) is 12.2. The molecule has 2 heterocycles. The first-order valence-electron chi connectivity index (χ1n) is 4.56. The molecule has 1 saturated heterocycles. The molecule has 2 aliphatic rings. The molecular formula is C8H13N2O5S+.